The molecule has 1 aromatic carbocycles. The number of nitrogens with two attached hydrogens (primary N) is 1. The van der Waals surface area contributed by atoms with Gasteiger partial charge in [0.2, 0.25) is 12.2 Å². The van der Waals surface area contributed by atoms with Gasteiger partial charge in [0.05, 0.1) is 0 Å². The number of rotatable bonds is 2. The highest BCUT2D eigenvalue weighted by molar-refractivity contribution is 7.84. The summed E-state index contributed by atoms with van der Waals surface area (Å²) in [6.07, 6.45) is 2.97. The smallest absolute Gasteiger partial charge is 0.258 e. The number of carbonyl (C=O) groups is 1. The van der Waals surface area contributed by atoms with Crippen molar-refractivity contribution in [1.82, 2.24) is 5.32 Å². The molecule has 1 amide bonds. The van der Waals surface area contributed by atoms with Crippen molar-refractivity contribution in [2.75, 3.05) is 6.26 Å². The second-order valence-corrected chi connectivity index (χ2v) is 4.41. The third-order valence-electron chi connectivity index (χ3n) is 1.84. The molecule has 0 bridgehead atoms. The molecule has 7 heteroatoms. The van der Waals surface area contributed by atoms with Crippen LogP contribution in [-0.4, -0.2) is 22.3 Å². The van der Waals surface area contributed by atoms with Gasteiger partial charge in [-0.05, 0) is 18.2 Å². The lowest BCUT2D eigenvalue weighted by Gasteiger charge is -2.04. The summed E-state index contributed by atoms with van der Waals surface area (Å²) in [7, 11) is -1.17. The minimum atomic E-state index is -1.17. The molecule has 6 nitrogen and oxygen atoms in total. The monoisotopic (exact) mass is 250 g/mol. The highest BCUT2D eigenvalue weighted by atomic mass is 32.2. The number of nitrogens with one attached hydrogen (secondary N) is 1. The van der Waals surface area contributed by atoms with Crippen LogP contribution in [0.4, 0.5) is 0 Å². The second-order valence-electron chi connectivity index (χ2n) is 3.03. The maximum Gasteiger partial charge on any atom is 0.258 e. The van der Waals surface area contributed by atoms with Crippen LogP contribution in [0.5, 0.6) is 0 Å². The zero-order chi connectivity index (χ0) is 12.8. The van der Waals surface area contributed by atoms with Crippen molar-refractivity contribution >= 4 is 22.7 Å². The number of guanidine groups is 1. The van der Waals surface area contributed by atoms with E-state index in [0.29, 0.717) is 10.5 Å². The highest BCUT2D eigenvalue weighted by Crippen LogP contribution is 2.08. The first-order chi connectivity index (χ1) is 8.04. The quantitative estimate of drug-likeness (QED) is 0.435. The molecule has 0 aliphatic rings. The van der Waals surface area contributed by atoms with Crippen LogP contribution < -0.4 is 11.1 Å². The largest absolute Gasteiger partial charge is 0.369 e. The van der Waals surface area contributed by atoms with Gasteiger partial charge in [-0.2, -0.15) is 5.26 Å². The zero-order valence-corrected chi connectivity index (χ0v) is 9.82. The second kappa shape index (κ2) is 5.77. The van der Waals surface area contributed by atoms with E-state index in [9.17, 15) is 9.00 Å². The Kier molecular flexibility index (Phi) is 4.37. The van der Waals surface area contributed by atoms with Crippen LogP contribution in [0, 0.1) is 11.5 Å². The van der Waals surface area contributed by atoms with E-state index in [0.717, 1.165) is 0 Å². The van der Waals surface area contributed by atoms with Crippen molar-refractivity contribution in [3.05, 3.63) is 29.8 Å². The number of carbonyl (C=O) groups excluding carboxylic acids is 1. The fraction of sp³-hybridized carbons (Fsp3) is 0.100. The first-order valence-electron chi connectivity index (χ1n) is 4.51. The van der Waals surface area contributed by atoms with Crippen LogP contribution in [0.2, 0.25) is 0 Å². The summed E-state index contributed by atoms with van der Waals surface area (Å²) >= 11 is 0. The molecule has 0 radical (unpaired) electrons. The van der Waals surface area contributed by atoms with E-state index in [1.807, 2.05) is 0 Å². The number of nitriles is 1. The van der Waals surface area contributed by atoms with Crippen molar-refractivity contribution in [1.29, 1.82) is 5.26 Å². The number of benzene rings is 1. The number of hydrogen-bond donors (Lipinski definition) is 2. The average Bonchev–Trinajstić information content (AvgIpc) is 2.29. The van der Waals surface area contributed by atoms with Crippen molar-refractivity contribution < 1.29 is 9.00 Å². The Morgan fingerprint density at radius 3 is 2.88 bits per heavy atom. The first kappa shape index (κ1) is 12.9. The van der Waals surface area contributed by atoms with Crippen molar-refractivity contribution in [2.45, 2.75) is 4.90 Å². The van der Waals surface area contributed by atoms with Gasteiger partial charge in [0.25, 0.3) is 5.91 Å². The molecule has 0 aliphatic heterocycles. The molecule has 0 aliphatic carbocycles. The molecule has 0 spiro atoms. The molecule has 1 unspecified atom stereocenters. The van der Waals surface area contributed by atoms with Gasteiger partial charge < -0.3 is 5.73 Å². The van der Waals surface area contributed by atoms with Crippen LogP contribution in [0.25, 0.3) is 0 Å². The Bertz CT molecular complexity index is 533. The number of aliphatic imine (C=N–C) groups is 1. The zero-order valence-electron chi connectivity index (χ0n) is 9.01. The number of hydrogen-bond acceptors (Lipinski definition) is 4. The minimum absolute atomic E-state index is 0.277. The maximum absolute atomic E-state index is 11.6. The third kappa shape index (κ3) is 3.70. The van der Waals surface area contributed by atoms with Gasteiger partial charge in [0, 0.05) is 27.5 Å². The molecule has 0 saturated heterocycles. The molecule has 1 rings (SSSR count). The van der Waals surface area contributed by atoms with Gasteiger partial charge in [-0.15, -0.1) is 4.99 Å². The summed E-state index contributed by atoms with van der Waals surface area (Å²) in [6, 6.07) is 6.30. The lowest BCUT2D eigenvalue weighted by Crippen LogP contribution is -2.36. The fourth-order valence-electron chi connectivity index (χ4n) is 1.09. The van der Waals surface area contributed by atoms with Gasteiger partial charge >= 0.3 is 0 Å². The summed E-state index contributed by atoms with van der Waals surface area (Å²) in [5.74, 6) is -0.783. The number of amides is 1. The Hall–Kier alpha value is -2.20. The van der Waals surface area contributed by atoms with E-state index in [2.05, 4.69) is 10.3 Å². The Balaban J connectivity index is 2.91. The molecule has 3 N–H and O–H groups in total. The van der Waals surface area contributed by atoms with E-state index in [1.165, 1.54) is 18.5 Å². The molecule has 1 atom stereocenters. The Morgan fingerprint density at radius 2 is 2.29 bits per heavy atom. The summed E-state index contributed by atoms with van der Waals surface area (Å²) in [6.45, 7) is 0. The van der Waals surface area contributed by atoms with Crippen LogP contribution in [0.1, 0.15) is 10.4 Å². The predicted octanol–water partition coefficient (Wildman–Crippen LogP) is -0.0504. The summed E-state index contributed by atoms with van der Waals surface area (Å²) < 4.78 is 11.2. The summed E-state index contributed by atoms with van der Waals surface area (Å²) in [5.41, 5.74) is 5.56. The van der Waals surface area contributed by atoms with E-state index in [4.69, 9.17) is 11.0 Å². The number of nitrogens with zero attached hydrogens (tertiary/aromatic N) is 2. The fourth-order valence-corrected chi connectivity index (χ4v) is 1.65. The van der Waals surface area contributed by atoms with E-state index >= 15 is 0 Å². The lowest BCUT2D eigenvalue weighted by atomic mass is 10.2. The maximum atomic E-state index is 11.6. The third-order valence-corrected chi connectivity index (χ3v) is 2.76. The van der Waals surface area contributed by atoms with Crippen molar-refractivity contribution in [3.8, 4) is 6.19 Å². The molecule has 0 aromatic heterocycles. The Morgan fingerprint density at radius 1 is 1.59 bits per heavy atom. The van der Waals surface area contributed by atoms with Gasteiger partial charge in [0.15, 0.2) is 0 Å². The van der Waals surface area contributed by atoms with Crippen LogP contribution in [0.15, 0.2) is 34.2 Å². The van der Waals surface area contributed by atoms with E-state index in [1.54, 1.807) is 18.2 Å². The van der Waals surface area contributed by atoms with Gasteiger partial charge in [-0.3, -0.25) is 14.3 Å². The van der Waals surface area contributed by atoms with Crippen molar-refractivity contribution in [3.63, 3.8) is 0 Å². The topological polar surface area (TPSA) is 108 Å². The van der Waals surface area contributed by atoms with Crippen LogP contribution in [0.3, 0.4) is 0 Å². The minimum Gasteiger partial charge on any atom is -0.369 e. The molecule has 1 aromatic rings. The Labute approximate surface area is 101 Å². The molecular formula is C10H10N4O2S. The highest BCUT2D eigenvalue weighted by Gasteiger charge is 2.08. The standard InChI is InChI=1S/C10H10N4O2S/c1-17(16)8-4-2-3-7(5-8)9(15)14-10(12)13-6-11/h2-5H,1H3,(H3,12,13,14,15). The molecule has 0 saturated carbocycles. The van der Waals surface area contributed by atoms with E-state index in [-0.39, 0.29) is 5.96 Å². The molecule has 17 heavy (non-hydrogen) atoms. The van der Waals surface area contributed by atoms with Gasteiger partial charge in [0.1, 0.15) is 0 Å². The van der Waals surface area contributed by atoms with Crippen LogP contribution >= 0.6 is 0 Å². The molecule has 88 valence electrons. The summed E-state index contributed by atoms with van der Waals surface area (Å²) in [5, 5.41) is 10.5. The predicted molar refractivity (Wildman–Crippen MR) is 63.5 cm³/mol. The van der Waals surface area contributed by atoms with Gasteiger partial charge in [-0.25, -0.2) is 0 Å². The normalized spacial score (nSPS) is 12.6. The first-order valence-corrected chi connectivity index (χ1v) is 6.07. The average molecular weight is 250 g/mol. The lowest BCUT2D eigenvalue weighted by molar-refractivity contribution is 0.0976. The van der Waals surface area contributed by atoms with Gasteiger partial charge in [-0.1, -0.05) is 6.07 Å². The van der Waals surface area contributed by atoms with Crippen LogP contribution in [-0.2, 0) is 10.8 Å². The molecule has 0 fully saturated rings. The molecule has 0 heterocycles. The summed E-state index contributed by atoms with van der Waals surface area (Å²) in [4.78, 5) is 15.3. The SMILES string of the molecule is CS(=O)c1cccc(C(=O)NC(N)=NC#N)c1. The van der Waals surface area contributed by atoms with Crippen molar-refractivity contribution in [2.24, 2.45) is 10.7 Å². The van der Waals surface area contributed by atoms with E-state index < -0.39 is 16.7 Å². The molecular weight excluding hydrogens is 240 g/mol.